The van der Waals surface area contributed by atoms with Gasteiger partial charge in [-0.05, 0) is 43.7 Å². The minimum absolute atomic E-state index is 0.0176. The summed E-state index contributed by atoms with van der Waals surface area (Å²) in [5, 5.41) is 12.1. The van der Waals surface area contributed by atoms with Crippen LogP contribution in [0.3, 0.4) is 0 Å². The number of rotatable bonds is 5. The van der Waals surface area contributed by atoms with E-state index in [1.165, 1.54) is 6.20 Å². The van der Waals surface area contributed by atoms with E-state index in [2.05, 4.69) is 16.4 Å². The first kappa shape index (κ1) is 18.9. The highest BCUT2D eigenvalue weighted by Gasteiger charge is 2.34. The Labute approximate surface area is 158 Å². The molecule has 1 atom stereocenters. The first-order chi connectivity index (χ1) is 12.9. The molecule has 1 aromatic heterocycles. The maximum absolute atomic E-state index is 12.9. The van der Waals surface area contributed by atoms with E-state index in [1.54, 1.807) is 41.3 Å². The molecule has 27 heavy (non-hydrogen) atoms. The van der Waals surface area contributed by atoms with Gasteiger partial charge in [-0.3, -0.25) is 4.79 Å². The molecule has 0 aliphatic carbocycles. The van der Waals surface area contributed by atoms with Gasteiger partial charge in [-0.25, -0.2) is 13.4 Å². The van der Waals surface area contributed by atoms with Crippen molar-refractivity contribution in [2.75, 3.05) is 23.4 Å². The predicted molar refractivity (Wildman–Crippen MR) is 102 cm³/mol. The molecule has 2 heterocycles. The topological polar surface area (TPSA) is 103 Å². The molecule has 7 nitrogen and oxygen atoms in total. The van der Waals surface area contributed by atoms with Crippen molar-refractivity contribution >= 4 is 27.2 Å². The summed E-state index contributed by atoms with van der Waals surface area (Å²) in [6.07, 6.45) is 2.00. The quantitative estimate of drug-likeness (QED) is 0.849. The predicted octanol–water partition coefficient (Wildman–Crippen LogP) is 2.35. The van der Waals surface area contributed by atoms with Crippen LogP contribution in [0.1, 0.15) is 29.3 Å². The summed E-state index contributed by atoms with van der Waals surface area (Å²) >= 11 is 0. The van der Waals surface area contributed by atoms with Crippen molar-refractivity contribution in [1.29, 1.82) is 5.26 Å². The van der Waals surface area contributed by atoms with Crippen molar-refractivity contribution in [3.8, 4) is 6.07 Å². The Morgan fingerprint density at radius 2 is 2.19 bits per heavy atom. The molecular weight excluding hydrogens is 364 g/mol. The molecule has 1 aliphatic rings. The lowest BCUT2D eigenvalue weighted by Crippen LogP contribution is -2.41. The molecular formula is C19H20N4O3S. The van der Waals surface area contributed by atoms with E-state index >= 15 is 0 Å². The molecule has 140 valence electrons. The molecule has 2 aromatic rings. The molecule has 1 amide bonds. The normalized spacial score (nSPS) is 17.9. The van der Waals surface area contributed by atoms with Gasteiger partial charge >= 0.3 is 0 Å². The van der Waals surface area contributed by atoms with Gasteiger partial charge in [0.05, 0.1) is 23.1 Å². The minimum atomic E-state index is -3.07. The van der Waals surface area contributed by atoms with Gasteiger partial charge in [0.1, 0.15) is 5.82 Å². The lowest BCUT2D eigenvalue weighted by molar-refractivity contribution is 0.0708. The fourth-order valence-corrected chi connectivity index (χ4v) is 4.93. The number of anilines is 2. The zero-order valence-corrected chi connectivity index (χ0v) is 15.7. The van der Waals surface area contributed by atoms with Gasteiger partial charge in [-0.2, -0.15) is 5.26 Å². The van der Waals surface area contributed by atoms with E-state index in [4.69, 9.17) is 5.26 Å². The summed E-state index contributed by atoms with van der Waals surface area (Å²) < 4.78 is 23.5. The van der Waals surface area contributed by atoms with Gasteiger partial charge < -0.3 is 10.2 Å². The molecule has 1 aliphatic heterocycles. The minimum Gasteiger partial charge on any atom is -0.340 e. The van der Waals surface area contributed by atoms with Gasteiger partial charge in [-0.15, -0.1) is 0 Å². The van der Waals surface area contributed by atoms with Crippen LogP contribution in [0.5, 0.6) is 0 Å². The molecule has 1 N–H and O–H groups in total. The van der Waals surface area contributed by atoms with E-state index in [-0.39, 0.29) is 23.5 Å². The second-order valence-electron chi connectivity index (χ2n) is 6.40. The number of carbonyl (C=O) groups is 1. The van der Waals surface area contributed by atoms with Crippen LogP contribution in [0.4, 0.5) is 11.5 Å². The van der Waals surface area contributed by atoms with Crippen LogP contribution in [-0.2, 0) is 9.84 Å². The molecule has 0 spiro atoms. The van der Waals surface area contributed by atoms with Gasteiger partial charge in [0.2, 0.25) is 0 Å². The highest BCUT2D eigenvalue weighted by atomic mass is 32.2. The summed E-state index contributed by atoms with van der Waals surface area (Å²) in [5.41, 5.74) is 1.65. The van der Waals surface area contributed by atoms with Crippen molar-refractivity contribution in [2.24, 2.45) is 0 Å². The van der Waals surface area contributed by atoms with Crippen LogP contribution >= 0.6 is 0 Å². The van der Waals surface area contributed by atoms with Crippen molar-refractivity contribution < 1.29 is 13.2 Å². The first-order valence-corrected chi connectivity index (χ1v) is 10.5. The molecule has 1 aromatic carbocycles. The summed E-state index contributed by atoms with van der Waals surface area (Å²) in [5.74, 6) is 0.408. The number of sulfone groups is 1. The number of nitrogens with one attached hydrogen (secondary N) is 1. The molecule has 1 unspecified atom stereocenters. The van der Waals surface area contributed by atoms with Crippen molar-refractivity contribution in [1.82, 2.24) is 9.88 Å². The number of carbonyl (C=O) groups excluding carboxylic acids is 1. The van der Waals surface area contributed by atoms with Gasteiger partial charge in [0.15, 0.2) is 9.84 Å². The smallest absolute Gasteiger partial charge is 0.254 e. The van der Waals surface area contributed by atoms with Crippen LogP contribution in [0, 0.1) is 11.3 Å². The number of pyridine rings is 1. The molecule has 1 fully saturated rings. The maximum Gasteiger partial charge on any atom is 0.254 e. The SMILES string of the molecule is CCN(C(=O)c1ccnc(Nc2cccc(C#N)c2)c1)C1CCS(=O)(=O)C1. The second-order valence-corrected chi connectivity index (χ2v) is 8.62. The maximum atomic E-state index is 12.9. The monoisotopic (exact) mass is 384 g/mol. The number of nitrogens with zero attached hydrogens (tertiary/aromatic N) is 3. The Kier molecular flexibility index (Phi) is 5.42. The lowest BCUT2D eigenvalue weighted by atomic mass is 10.1. The highest BCUT2D eigenvalue weighted by molar-refractivity contribution is 7.91. The van der Waals surface area contributed by atoms with E-state index in [0.717, 1.165) is 0 Å². The Bertz CT molecular complexity index is 998. The van der Waals surface area contributed by atoms with Crippen LogP contribution in [0.2, 0.25) is 0 Å². The third-order valence-electron chi connectivity index (χ3n) is 4.52. The first-order valence-electron chi connectivity index (χ1n) is 8.66. The summed E-state index contributed by atoms with van der Waals surface area (Å²) in [4.78, 5) is 18.7. The fraction of sp³-hybridized carbons (Fsp3) is 0.316. The Morgan fingerprint density at radius 3 is 2.85 bits per heavy atom. The zero-order chi connectivity index (χ0) is 19.4. The number of hydrogen-bond acceptors (Lipinski definition) is 6. The molecule has 0 saturated carbocycles. The molecule has 0 radical (unpaired) electrons. The summed E-state index contributed by atoms with van der Waals surface area (Å²) in [6.45, 7) is 2.28. The molecule has 8 heteroatoms. The van der Waals surface area contributed by atoms with Crippen molar-refractivity contribution in [3.05, 3.63) is 53.7 Å². The number of aromatic nitrogens is 1. The largest absolute Gasteiger partial charge is 0.340 e. The van der Waals surface area contributed by atoms with Crippen LogP contribution in [0.15, 0.2) is 42.6 Å². The van der Waals surface area contributed by atoms with E-state index in [9.17, 15) is 13.2 Å². The number of benzene rings is 1. The third-order valence-corrected chi connectivity index (χ3v) is 6.27. The molecule has 1 saturated heterocycles. The van der Waals surface area contributed by atoms with Crippen molar-refractivity contribution in [2.45, 2.75) is 19.4 Å². The Morgan fingerprint density at radius 1 is 1.37 bits per heavy atom. The average molecular weight is 384 g/mol. The standard InChI is InChI=1S/C19H20N4O3S/c1-2-23(17-7-9-27(25,26)13-17)19(24)15-6-8-21-18(11-15)22-16-5-3-4-14(10-16)12-20/h3-6,8,10-11,17H,2,7,9,13H2,1H3,(H,21,22). The van der Waals surface area contributed by atoms with Crippen LogP contribution in [0.25, 0.3) is 0 Å². The second kappa shape index (κ2) is 7.76. The molecule has 0 bridgehead atoms. The van der Waals surface area contributed by atoms with Crippen LogP contribution in [-0.4, -0.2) is 48.3 Å². The number of hydrogen-bond donors (Lipinski definition) is 1. The van der Waals surface area contributed by atoms with Gasteiger partial charge in [0.25, 0.3) is 5.91 Å². The summed E-state index contributed by atoms with van der Waals surface area (Å²) in [7, 11) is -3.07. The third kappa shape index (κ3) is 4.44. The van der Waals surface area contributed by atoms with Crippen molar-refractivity contribution in [3.63, 3.8) is 0 Å². The summed E-state index contributed by atoms with van der Waals surface area (Å²) in [6, 6.07) is 12.0. The highest BCUT2D eigenvalue weighted by Crippen LogP contribution is 2.21. The van der Waals surface area contributed by atoms with Crippen LogP contribution < -0.4 is 5.32 Å². The molecule has 3 rings (SSSR count). The zero-order valence-electron chi connectivity index (χ0n) is 14.9. The number of amides is 1. The Balaban J connectivity index is 1.79. The van der Waals surface area contributed by atoms with Gasteiger partial charge in [-0.1, -0.05) is 6.07 Å². The number of nitriles is 1. The van der Waals surface area contributed by atoms with E-state index in [0.29, 0.717) is 35.6 Å². The average Bonchev–Trinajstić information content (AvgIpc) is 3.02. The Hall–Kier alpha value is -2.92. The fourth-order valence-electron chi connectivity index (χ4n) is 3.20. The van der Waals surface area contributed by atoms with E-state index in [1.807, 2.05) is 6.92 Å². The lowest BCUT2D eigenvalue weighted by Gasteiger charge is -2.27. The van der Waals surface area contributed by atoms with E-state index < -0.39 is 9.84 Å². The van der Waals surface area contributed by atoms with Gasteiger partial charge in [0, 0.05) is 30.0 Å².